The molecule has 98 valence electrons. The van der Waals surface area contributed by atoms with Gasteiger partial charge < -0.3 is 4.74 Å². The van der Waals surface area contributed by atoms with Crippen molar-refractivity contribution in [1.82, 2.24) is 9.78 Å². The average Bonchev–Trinajstić information content (AvgIpc) is 2.44. The van der Waals surface area contributed by atoms with Crippen molar-refractivity contribution in [2.75, 3.05) is 7.11 Å². The van der Waals surface area contributed by atoms with E-state index in [4.69, 9.17) is 27.9 Å². The molecule has 0 aliphatic carbocycles. The Morgan fingerprint density at radius 2 is 2.05 bits per heavy atom. The molecule has 2 rings (SSSR count). The van der Waals surface area contributed by atoms with E-state index in [1.165, 1.54) is 12.4 Å². The van der Waals surface area contributed by atoms with Gasteiger partial charge in [0.15, 0.2) is 0 Å². The fraction of sp³-hybridized carbons (Fsp3) is 0.0769. The minimum Gasteiger partial charge on any atom is -0.496 e. The molecule has 4 nitrogen and oxygen atoms in total. The summed E-state index contributed by atoms with van der Waals surface area (Å²) < 4.78 is 6.31. The zero-order valence-corrected chi connectivity index (χ0v) is 11.5. The molecule has 0 aliphatic rings. The summed E-state index contributed by atoms with van der Waals surface area (Å²) in [4.78, 5) is 11.8. The largest absolute Gasteiger partial charge is 0.496 e. The van der Waals surface area contributed by atoms with Crippen LogP contribution in [0.25, 0.3) is 12.3 Å². The third-order valence-electron chi connectivity index (χ3n) is 2.44. The van der Waals surface area contributed by atoms with Crippen LogP contribution < -0.4 is 10.3 Å². The zero-order valence-electron chi connectivity index (χ0n) is 10.0. The summed E-state index contributed by atoms with van der Waals surface area (Å²) in [5.41, 5.74) is 0.352. The van der Waals surface area contributed by atoms with Gasteiger partial charge in [0, 0.05) is 11.8 Å². The van der Waals surface area contributed by atoms with Crippen LogP contribution in [0.4, 0.5) is 0 Å². The Kier molecular flexibility index (Phi) is 4.24. The van der Waals surface area contributed by atoms with Crippen molar-refractivity contribution < 1.29 is 4.74 Å². The van der Waals surface area contributed by atoms with Crippen molar-refractivity contribution in [1.29, 1.82) is 0 Å². The standard InChI is InChI=1S/C13H10Cl2N2O2/c1-19-11-5-3-2-4-9(11)6-7-17-13(18)12(15)10(14)8-16-17/h2-8H,1H3/b7-6+. The summed E-state index contributed by atoms with van der Waals surface area (Å²) in [5, 5.41) is 3.95. The maximum atomic E-state index is 11.8. The van der Waals surface area contributed by atoms with Gasteiger partial charge in [0.1, 0.15) is 10.8 Å². The molecule has 2 aromatic rings. The van der Waals surface area contributed by atoms with E-state index >= 15 is 0 Å². The third-order valence-corrected chi connectivity index (χ3v) is 3.18. The van der Waals surface area contributed by atoms with E-state index in [1.54, 1.807) is 13.2 Å². The van der Waals surface area contributed by atoms with Crippen LogP contribution in [0, 0.1) is 0 Å². The number of aromatic nitrogens is 2. The van der Waals surface area contributed by atoms with Gasteiger partial charge in [-0.1, -0.05) is 41.4 Å². The molecule has 19 heavy (non-hydrogen) atoms. The molecule has 0 amide bonds. The molecule has 0 bridgehead atoms. The molecule has 1 aromatic heterocycles. The number of ether oxygens (including phenoxy) is 1. The maximum absolute atomic E-state index is 11.8. The van der Waals surface area contributed by atoms with Gasteiger partial charge in [-0.15, -0.1) is 0 Å². The molecule has 0 saturated heterocycles. The first-order valence-corrected chi connectivity index (χ1v) is 6.13. The molecule has 0 radical (unpaired) electrons. The first kappa shape index (κ1) is 13.6. The number of rotatable bonds is 3. The minimum absolute atomic E-state index is 0.0543. The molecule has 0 aliphatic heterocycles. The lowest BCUT2D eigenvalue weighted by atomic mass is 10.2. The van der Waals surface area contributed by atoms with E-state index in [-0.39, 0.29) is 10.0 Å². The number of hydrogen-bond acceptors (Lipinski definition) is 3. The predicted octanol–water partition coefficient (Wildman–Crippen LogP) is 3.19. The number of benzene rings is 1. The van der Waals surface area contributed by atoms with Gasteiger partial charge in [0.25, 0.3) is 5.56 Å². The van der Waals surface area contributed by atoms with Crippen LogP contribution >= 0.6 is 23.2 Å². The van der Waals surface area contributed by atoms with Crippen molar-refractivity contribution in [2.24, 2.45) is 0 Å². The van der Waals surface area contributed by atoms with Gasteiger partial charge in [0.05, 0.1) is 18.3 Å². The molecular weight excluding hydrogens is 287 g/mol. The summed E-state index contributed by atoms with van der Waals surface area (Å²) in [7, 11) is 1.58. The van der Waals surface area contributed by atoms with Crippen LogP contribution in [-0.4, -0.2) is 16.9 Å². The molecule has 1 heterocycles. The lowest BCUT2D eigenvalue weighted by molar-refractivity contribution is 0.414. The molecule has 0 fully saturated rings. The second-order valence-electron chi connectivity index (χ2n) is 3.61. The molecule has 1 aromatic carbocycles. The van der Waals surface area contributed by atoms with Crippen LogP contribution in [-0.2, 0) is 0 Å². The Labute approximate surface area is 119 Å². The van der Waals surface area contributed by atoms with Crippen LogP contribution in [0.2, 0.25) is 10.0 Å². The SMILES string of the molecule is COc1ccccc1/C=C/n1ncc(Cl)c(Cl)c1=O. The van der Waals surface area contributed by atoms with Crippen molar-refractivity contribution in [3.8, 4) is 5.75 Å². The summed E-state index contributed by atoms with van der Waals surface area (Å²) in [6, 6.07) is 7.41. The highest BCUT2D eigenvalue weighted by Crippen LogP contribution is 2.19. The summed E-state index contributed by atoms with van der Waals surface area (Å²) in [6.45, 7) is 0. The van der Waals surface area contributed by atoms with Crippen LogP contribution in [0.1, 0.15) is 5.56 Å². The Morgan fingerprint density at radius 3 is 2.79 bits per heavy atom. The van der Waals surface area contributed by atoms with Crippen LogP contribution in [0.15, 0.2) is 35.3 Å². The highest BCUT2D eigenvalue weighted by Gasteiger charge is 2.05. The number of nitrogens with zero attached hydrogens (tertiary/aromatic N) is 2. The Hall–Kier alpha value is -1.78. The van der Waals surface area contributed by atoms with E-state index in [0.717, 1.165) is 10.2 Å². The fourth-order valence-electron chi connectivity index (χ4n) is 1.49. The van der Waals surface area contributed by atoms with Gasteiger partial charge in [-0.05, 0) is 12.1 Å². The molecule has 0 N–H and O–H groups in total. The second kappa shape index (κ2) is 5.91. The lowest BCUT2D eigenvalue weighted by Gasteiger charge is -2.04. The highest BCUT2D eigenvalue weighted by molar-refractivity contribution is 6.41. The van der Waals surface area contributed by atoms with E-state index in [1.807, 2.05) is 24.3 Å². The summed E-state index contributed by atoms with van der Waals surface area (Å²) in [5.74, 6) is 0.701. The Bertz CT molecular complexity index is 681. The molecule has 6 heteroatoms. The van der Waals surface area contributed by atoms with Crippen molar-refractivity contribution in [2.45, 2.75) is 0 Å². The predicted molar refractivity (Wildman–Crippen MR) is 76.7 cm³/mol. The third kappa shape index (κ3) is 2.97. The number of methoxy groups -OCH3 is 1. The van der Waals surface area contributed by atoms with E-state index in [9.17, 15) is 4.79 Å². The van der Waals surface area contributed by atoms with Gasteiger partial charge in [-0.3, -0.25) is 4.79 Å². The smallest absolute Gasteiger partial charge is 0.291 e. The quantitative estimate of drug-likeness (QED) is 0.874. The van der Waals surface area contributed by atoms with Crippen LogP contribution in [0.3, 0.4) is 0 Å². The number of halogens is 2. The summed E-state index contributed by atoms with van der Waals surface area (Å²) in [6.07, 6.45) is 4.53. The van der Waals surface area contributed by atoms with Crippen molar-refractivity contribution in [3.05, 3.63) is 56.4 Å². The van der Waals surface area contributed by atoms with Gasteiger partial charge in [0.2, 0.25) is 0 Å². The Morgan fingerprint density at radius 1 is 1.32 bits per heavy atom. The molecular formula is C13H10Cl2N2O2. The number of para-hydroxylation sites is 1. The monoisotopic (exact) mass is 296 g/mol. The normalized spacial score (nSPS) is 10.9. The van der Waals surface area contributed by atoms with Crippen molar-refractivity contribution >= 4 is 35.5 Å². The average molecular weight is 297 g/mol. The van der Waals surface area contributed by atoms with E-state index in [2.05, 4.69) is 5.10 Å². The summed E-state index contributed by atoms with van der Waals surface area (Å²) >= 11 is 11.5. The topological polar surface area (TPSA) is 44.1 Å². The van der Waals surface area contributed by atoms with Gasteiger partial charge in [-0.25, -0.2) is 4.68 Å². The number of hydrogen-bond donors (Lipinski definition) is 0. The molecule has 0 saturated carbocycles. The highest BCUT2D eigenvalue weighted by atomic mass is 35.5. The molecule has 0 unspecified atom stereocenters. The molecule has 0 atom stereocenters. The zero-order chi connectivity index (χ0) is 13.8. The van der Waals surface area contributed by atoms with Crippen molar-refractivity contribution in [3.63, 3.8) is 0 Å². The van der Waals surface area contributed by atoms with Gasteiger partial charge in [-0.2, -0.15) is 5.10 Å². The fourth-order valence-corrected chi connectivity index (χ4v) is 1.75. The lowest BCUT2D eigenvalue weighted by Crippen LogP contribution is -2.18. The second-order valence-corrected chi connectivity index (χ2v) is 4.40. The maximum Gasteiger partial charge on any atom is 0.291 e. The first-order chi connectivity index (χ1) is 9.13. The molecule has 0 spiro atoms. The van der Waals surface area contributed by atoms with E-state index in [0.29, 0.717) is 5.75 Å². The minimum atomic E-state index is -0.472. The van der Waals surface area contributed by atoms with Crippen LogP contribution in [0.5, 0.6) is 5.75 Å². The Balaban J connectivity index is 2.39. The first-order valence-electron chi connectivity index (χ1n) is 5.37. The van der Waals surface area contributed by atoms with E-state index < -0.39 is 5.56 Å². The van der Waals surface area contributed by atoms with Gasteiger partial charge >= 0.3 is 0 Å².